The number of hydrogen-bond donors (Lipinski definition) is 1. The molecule has 0 fully saturated rings. The van der Waals surface area contributed by atoms with Gasteiger partial charge in [0.15, 0.2) is 5.58 Å². The average Bonchev–Trinajstić information content (AvgIpc) is 2.54. The highest BCUT2D eigenvalue weighted by Gasteiger charge is 2.07. The Morgan fingerprint density at radius 1 is 1.40 bits per heavy atom. The van der Waals surface area contributed by atoms with Crippen LogP contribution in [-0.2, 0) is 0 Å². The highest BCUT2D eigenvalue weighted by atomic mass is 16.3. The van der Waals surface area contributed by atoms with Crippen molar-refractivity contribution >= 4 is 17.2 Å². The number of hydrogen-bond acceptors (Lipinski definition) is 3. The molecule has 0 bridgehead atoms. The summed E-state index contributed by atoms with van der Waals surface area (Å²) in [5, 5.41) is 9.12. The number of aryl methyl sites for hydroxylation is 2. The predicted octanol–water partition coefficient (Wildman–Crippen LogP) is 3.36. The van der Waals surface area contributed by atoms with E-state index in [0.29, 0.717) is 5.89 Å². The van der Waals surface area contributed by atoms with Crippen molar-refractivity contribution in [3.8, 4) is 0 Å². The molecular formula is C12H13NO2. The first-order chi connectivity index (χ1) is 7.08. The summed E-state index contributed by atoms with van der Waals surface area (Å²) >= 11 is 0. The Balaban J connectivity index is 2.66. The number of aliphatic hydroxyl groups excluding tert-OH is 1. The van der Waals surface area contributed by atoms with Crippen LogP contribution in [0.4, 0.5) is 0 Å². The molecule has 0 amide bonds. The van der Waals surface area contributed by atoms with E-state index < -0.39 is 0 Å². The number of fused-ring (bicyclic) bond motifs is 1. The first-order valence-corrected chi connectivity index (χ1v) is 4.82. The Labute approximate surface area is 88.1 Å². The van der Waals surface area contributed by atoms with Crippen molar-refractivity contribution in [3.05, 3.63) is 34.9 Å². The summed E-state index contributed by atoms with van der Waals surface area (Å²) in [6.45, 7) is 5.62. The lowest BCUT2D eigenvalue weighted by Gasteiger charge is -1.97. The van der Waals surface area contributed by atoms with Crippen LogP contribution in [0.5, 0.6) is 0 Å². The van der Waals surface area contributed by atoms with Crippen LogP contribution >= 0.6 is 0 Å². The largest absolute Gasteiger partial charge is 0.512 e. The van der Waals surface area contributed by atoms with Gasteiger partial charge >= 0.3 is 0 Å². The smallest absolute Gasteiger partial charge is 0.223 e. The maximum atomic E-state index is 9.12. The minimum absolute atomic E-state index is 0.191. The molecule has 0 saturated heterocycles. The highest BCUT2D eigenvalue weighted by molar-refractivity contribution is 5.78. The summed E-state index contributed by atoms with van der Waals surface area (Å²) in [6, 6.07) is 3.94. The van der Waals surface area contributed by atoms with Crippen molar-refractivity contribution in [2.24, 2.45) is 0 Å². The van der Waals surface area contributed by atoms with Gasteiger partial charge in [-0.1, -0.05) is 6.07 Å². The normalized spacial score (nSPS) is 12.3. The Morgan fingerprint density at radius 2 is 2.13 bits per heavy atom. The third-order valence-corrected chi connectivity index (χ3v) is 2.43. The highest BCUT2D eigenvalue weighted by Crippen LogP contribution is 2.23. The molecule has 1 heterocycles. The van der Waals surface area contributed by atoms with Gasteiger partial charge in [0.1, 0.15) is 5.52 Å². The van der Waals surface area contributed by atoms with E-state index in [1.54, 1.807) is 6.92 Å². The van der Waals surface area contributed by atoms with Crippen LogP contribution in [0.2, 0.25) is 0 Å². The van der Waals surface area contributed by atoms with Crippen LogP contribution in [0.1, 0.15) is 23.9 Å². The van der Waals surface area contributed by atoms with Gasteiger partial charge in [-0.2, -0.15) is 0 Å². The third kappa shape index (κ3) is 1.73. The van der Waals surface area contributed by atoms with Gasteiger partial charge in [-0.3, -0.25) is 0 Å². The molecule has 78 valence electrons. The molecule has 1 aromatic heterocycles. The number of aliphatic hydroxyl groups is 1. The van der Waals surface area contributed by atoms with Crippen molar-refractivity contribution in [2.45, 2.75) is 20.8 Å². The summed E-state index contributed by atoms with van der Waals surface area (Å²) in [6.07, 6.45) is 1.51. The molecule has 0 atom stereocenters. The Morgan fingerprint density at radius 3 is 2.80 bits per heavy atom. The van der Waals surface area contributed by atoms with Crippen LogP contribution in [0.3, 0.4) is 0 Å². The molecule has 0 aliphatic rings. The summed E-state index contributed by atoms with van der Waals surface area (Å²) in [5.41, 5.74) is 3.89. The van der Waals surface area contributed by atoms with Crippen LogP contribution in [-0.4, -0.2) is 10.1 Å². The summed E-state index contributed by atoms with van der Waals surface area (Å²) in [4.78, 5) is 4.25. The van der Waals surface area contributed by atoms with Crippen molar-refractivity contribution in [1.82, 2.24) is 4.98 Å². The number of benzene rings is 1. The Kier molecular flexibility index (Phi) is 2.23. The Hall–Kier alpha value is -1.77. The van der Waals surface area contributed by atoms with Gasteiger partial charge < -0.3 is 9.52 Å². The fourth-order valence-electron chi connectivity index (χ4n) is 1.48. The fraction of sp³-hybridized carbons (Fsp3) is 0.250. The van der Waals surface area contributed by atoms with E-state index in [1.165, 1.54) is 11.6 Å². The molecule has 0 saturated carbocycles. The van der Waals surface area contributed by atoms with Crippen LogP contribution in [0.15, 0.2) is 22.3 Å². The van der Waals surface area contributed by atoms with Gasteiger partial charge in [0, 0.05) is 6.08 Å². The van der Waals surface area contributed by atoms with E-state index in [1.807, 2.05) is 26.0 Å². The molecule has 1 N–H and O–H groups in total. The number of oxazole rings is 1. The third-order valence-electron chi connectivity index (χ3n) is 2.43. The summed E-state index contributed by atoms with van der Waals surface area (Å²) in [5.74, 6) is 0.634. The van der Waals surface area contributed by atoms with Crippen molar-refractivity contribution < 1.29 is 9.52 Å². The number of aromatic nitrogens is 1. The maximum Gasteiger partial charge on any atom is 0.223 e. The number of rotatable bonds is 1. The lowest BCUT2D eigenvalue weighted by Crippen LogP contribution is -1.79. The quantitative estimate of drug-likeness (QED) is 0.723. The molecule has 1 aromatic carbocycles. The average molecular weight is 203 g/mol. The lowest BCUT2D eigenvalue weighted by molar-refractivity contribution is 0.417. The van der Waals surface area contributed by atoms with Gasteiger partial charge in [0.05, 0.1) is 5.76 Å². The fourth-order valence-corrected chi connectivity index (χ4v) is 1.48. The molecule has 2 aromatic rings. The summed E-state index contributed by atoms with van der Waals surface area (Å²) < 4.78 is 5.54. The molecular weight excluding hydrogens is 190 g/mol. The first-order valence-electron chi connectivity index (χ1n) is 4.82. The first kappa shape index (κ1) is 9.77. The van der Waals surface area contributed by atoms with Crippen LogP contribution in [0.25, 0.3) is 17.2 Å². The second-order valence-electron chi connectivity index (χ2n) is 3.69. The van der Waals surface area contributed by atoms with Crippen LogP contribution < -0.4 is 0 Å². The molecule has 0 aliphatic carbocycles. The Bertz CT molecular complexity index is 534. The van der Waals surface area contributed by atoms with E-state index in [0.717, 1.165) is 16.7 Å². The van der Waals surface area contributed by atoms with Crippen molar-refractivity contribution in [3.63, 3.8) is 0 Å². The number of nitrogens with zero attached hydrogens (tertiary/aromatic N) is 1. The molecule has 0 unspecified atom stereocenters. The molecule has 15 heavy (non-hydrogen) atoms. The van der Waals surface area contributed by atoms with Crippen molar-refractivity contribution in [1.29, 1.82) is 0 Å². The van der Waals surface area contributed by atoms with Crippen molar-refractivity contribution in [2.75, 3.05) is 0 Å². The summed E-state index contributed by atoms with van der Waals surface area (Å²) in [7, 11) is 0. The second kappa shape index (κ2) is 3.42. The van der Waals surface area contributed by atoms with E-state index in [2.05, 4.69) is 4.98 Å². The lowest BCUT2D eigenvalue weighted by atomic mass is 10.1. The molecule has 3 heteroatoms. The molecule has 0 aliphatic heterocycles. The van der Waals surface area contributed by atoms with Gasteiger partial charge in [-0.05, 0) is 38.0 Å². The molecule has 0 spiro atoms. The topological polar surface area (TPSA) is 46.3 Å². The predicted molar refractivity (Wildman–Crippen MR) is 59.8 cm³/mol. The SMILES string of the molecule is C/C(O)=C/c1nc2ccc(C)c(C)c2o1. The molecule has 3 nitrogen and oxygen atoms in total. The van der Waals surface area contributed by atoms with E-state index in [-0.39, 0.29) is 5.76 Å². The van der Waals surface area contributed by atoms with Crippen LogP contribution in [0, 0.1) is 13.8 Å². The zero-order valence-corrected chi connectivity index (χ0v) is 9.03. The minimum Gasteiger partial charge on any atom is -0.512 e. The number of allylic oxidation sites excluding steroid dienone is 1. The monoisotopic (exact) mass is 203 g/mol. The zero-order valence-electron chi connectivity index (χ0n) is 9.03. The van der Waals surface area contributed by atoms with Gasteiger partial charge in [-0.15, -0.1) is 0 Å². The van der Waals surface area contributed by atoms with Gasteiger partial charge in [0.2, 0.25) is 5.89 Å². The van der Waals surface area contributed by atoms with E-state index in [9.17, 15) is 0 Å². The second-order valence-corrected chi connectivity index (χ2v) is 3.69. The van der Waals surface area contributed by atoms with Gasteiger partial charge in [0.25, 0.3) is 0 Å². The zero-order chi connectivity index (χ0) is 11.0. The maximum absolute atomic E-state index is 9.12. The minimum atomic E-state index is 0.191. The van der Waals surface area contributed by atoms with Gasteiger partial charge in [-0.25, -0.2) is 4.98 Å². The molecule has 2 rings (SSSR count). The molecule has 0 radical (unpaired) electrons. The van der Waals surface area contributed by atoms with E-state index in [4.69, 9.17) is 9.52 Å². The standard InChI is InChI=1S/C12H13NO2/c1-7-4-5-10-12(9(7)3)15-11(13-10)6-8(2)14/h4-6,14H,1-3H3/b8-6-. The van der Waals surface area contributed by atoms with E-state index >= 15 is 0 Å².